The predicted molar refractivity (Wildman–Crippen MR) is 87.8 cm³/mol. The van der Waals surface area contributed by atoms with Crippen LogP contribution in [0.5, 0.6) is 0 Å². The second-order valence-corrected chi connectivity index (χ2v) is 7.00. The molecular formula is C16H32N4O2. The summed E-state index contributed by atoms with van der Waals surface area (Å²) in [6, 6.07) is 0.371. The number of likely N-dealkylation sites (N-methyl/N-ethyl adjacent to an activating group) is 2. The number of hydrogen-bond donors (Lipinski definition) is 2. The van der Waals surface area contributed by atoms with Gasteiger partial charge in [0.05, 0.1) is 12.6 Å². The van der Waals surface area contributed by atoms with Gasteiger partial charge in [0, 0.05) is 45.3 Å². The SMILES string of the molecule is CN1CCN(CC(O)CN(C)CC(=O)NC2CCCC2)CC1. The Kier molecular flexibility index (Phi) is 7.08. The van der Waals surface area contributed by atoms with Gasteiger partial charge in [0.15, 0.2) is 0 Å². The van der Waals surface area contributed by atoms with E-state index in [1.165, 1.54) is 12.8 Å². The highest BCUT2D eigenvalue weighted by molar-refractivity contribution is 5.78. The summed E-state index contributed by atoms with van der Waals surface area (Å²) in [7, 11) is 4.03. The molecule has 0 radical (unpaired) electrons. The Hall–Kier alpha value is -0.690. The van der Waals surface area contributed by atoms with Crippen LogP contribution in [0, 0.1) is 0 Å². The predicted octanol–water partition coefficient (Wildman–Crippen LogP) is -0.415. The first kappa shape index (κ1) is 17.7. The number of amides is 1. The minimum absolute atomic E-state index is 0.0844. The largest absolute Gasteiger partial charge is 0.390 e. The highest BCUT2D eigenvalue weighted by Gasteiger charge is 2.20. The monoisotopic (exact) mass is 312 g/mol. The van der Waals surface area contributed by atoms with Crippen molar-refractivity contribution >= 4 is 5.91 Å². The van der Waals surface area contributed by atoms with E-state index in [9.17, 15) is 9.90 Å². The van der Waals surface area contributed by atoms with E-state index in [2.05, 4.69) is 22.2 Å². The van der Waals surface area contributed by atoms with Gasteiger partial charge < -0.3 is 15.3 Å². The quantitative estimate of drug-likeness (QED) is 0.669. The maximum atomic E-state index is 12.0. The minimum atomic E-state index is -0.396. The van der Waals surface area contributed by atoms with Gasteiger partial charge in [-0.1, -0.05) is 12.8 Å². The van der Waals surface area contributed by atoms with Crippen LogP contribution in [-0.4, -0.2) is 97.8 Å². The average molecular weight is 312 g/mol. The molecule has 2 aliphatic rings. The standard InChI is InChI=1S/C16H32N4O2/c1-18-7-9-20(10-8-18)12-15(21)11-19(2)13-16(22)17-14-5-3-4-6-14/h14-15,21H,3-13H2,1-2H3,(H,17,22). The van der Waals surface area contributed by atoms with E-state index in [4.69, 9.17) is 0 Å². The number of β-amino-alcohol motifs (C(OH)–C–C–N with tert-alkyl or cyclic N) is 1. The number of piperazine rings is 1. The van der Waals surface area contributed by atoms with E-state index >= 15 is 0 Å². The lowest BCUT2D eigenvalue weighted by atomic mass is 10.2. The van der Waals surface area contributed by atoms with Crippen LogP contribution < -0.4 is 5.32 Å². The molecule has 1 aliphatic heterocycles. The van der Waals surface area contributed by atoms with Crippen molar-refractivity contribution in [1.82, 2.24) is 20.0 Å². The van der Waals surface area contributed by atoms with Crippen molar-refractivity contribution < 1.29 is 9.90 Å². The molecule has 1 saturated carbocycles. The lowest BCUT2D eigenvalue weighted by molar-refractivity contribution is -0.122. The number of carbonyl (C=O) groups is 1. The van der Waals surface area contributed by atoms with E-state index in [0.29, 0.717) is 25.7 Å². The van der Waals surface area contributed by atoms with Gasteiger partial charge in [-0.2, -0.15) is 0 Å². The molecule has 1 saturated heterocycles. The van der Waals surface area contributed by atoms with Gasteiger partial charge in [0.1, 0.15) is 0 Å². The van der Waals surface area contributed by atoms with E-state index in [0.717, 1.165) is 39.0 Å². The summed E-state index contributed by atoms with van der Waals surface area (Å²) in [5.74, 6) is 0.0844. The zero-order valence-corrected chi connectivity index (χ0v) is 14.1. The zero-order chi connectivity index (χ0) is 15.9. The summed E-state index contributed by atoms with van der Waals surface area (Å²) < 4.78 is 0. The molecule has 6 heteroatoms. The topological polar surface area (TPSA) is 59.1 Å². The smallest absolute Gasteiger partial charge is 0.234 e. The fourth-order valence-corrected chi connectivity index (χ4v) is 3.40. The first-order valence-corrected chi connectivity index (χ1v) is 8.60. The van der Waals surface area contributed by atoms with E-state index in [1.807, 2.05) is 11.9 Å². The Balaban J connectivity index is 1.60. The highest BCUT2D eigenvalue weighted by Crippen LogP contribution is 2.17. The molecule has 0 aromatic heterocycles. The second kappa shape index (κ2) is 8.82. The van der Waals surface area contributed by atoms with Crippen molar-refractivity contribution in [3.63, 3.8) is 0 Å². The van der Waals surface area contributed by atoms with Gasteiger partial charge in [-0.15, -0.1) is 0 Å². The molecule has 1 atom stereocenters. The molecule has 0 bridgehead atoms. The molecule has 2 N–H and O–H groups in total. The Morgan fingerprint density at radius 2 is 1.91 bits per heavy atom. The van der Waals surface area contributed by atoms with Crippen LogP contribution in [0.3, 0.4) is 0 Å². The highest BCUT2D eigenvalue weighted by atomic mass is 16.3. The normalized spacial score (nSPS) is 23.1. The third kappa shape index (κ3) is 6.20. The van der Waals surface area contributed by atoms with E-state index < -0.39 is 6.10 Å². The van der Waals surface area contributed by atoms with Crippen LogP contribution >= 0.6 is 0 Å². The van der Waals surface area contributed by atoms with Gasteiger partial charge >= 0.3 is 0 Å². The number of hydrogen-bond acceptors (Lipinski definition) is 5. The maximum absolute atomic E-state index is 12.0. The number of rotatable bonds is 7. The molecule has 0 spiro atoms. The molecular weight excluding hydrogens is 280 g/mol. The molecule has 2 rings (SSSR count). The van der Waals surface area contributed by atoms with Crippen LogP contribution in [-0.2, 0) is 4.79 Å². The summed E-state index contributed by atoms with van der Waals surface area (Å²) in [6.07, 6.45) is 4.28. The number of aliphatic hydroxyl groups excluding tert-OH is 1. The summed E-state index contributed by atoms with van der Waals surface area (Å²) in [5, 5.41) is 13.3. The van der Waals surface area contributed by atoms with Crippen molar-refractivity contribution in [2.45, 2.75) is 37.8 Å². The molecule has 1 unspecified atom stereocenters. The minimum Gasteiger partial charge on any atom is -0.390 e. The number of carbonyl (C=O) groups excluding carboxylic acids is 1. The van der Waals surface area contributed by atoms with E-state index in [-0.39, 0.29) is 5.91 Å². The molecule has 2 fully saturated rings. The number of aliphatic hydroxyl groups is 1. The van der Waals surface area contributed by atoms with Gasteiger partial charge in [-0.05, 0) is 26.9 Å². The van der Waals surface area contributed by atoms with Gasteiger partial charge in [-0.25, -0.2) is 0 Å². The Bertz CT molecular complexity index is 339. The first-order valence-electron chi connectivity index (χ1n) is 8.60. The Labute approximate surface area is 134 Å². The van der Waals surface area contributed by atoms with Crippen LogP contribution in [0.25, 0.3) is 0 Å². The number of nitrogens with zero attached hydrogens (tertiary/aromatic N) is 3. The zero-order valence-electron chi connectivity index (χ0n) is 14.1. The summed E-state index contributed by atoms with van der Waals surface area (Å²) >= 11 is 0. The van der Waals surface area contributed by atoms with E-state index in [1.54, 1.807) is 0 Å². The lowest BCUT2D eigenvalue weighted by Gasteiger charge is -2.34. The third-order valence-electron chi connectivity index (χ3n) is 4.72. The second-order valence-electron chi connectivity index (χ2n) is 7.00. The molecule has 128 valence electrons. The van der Waals surface area contributed by atoms with Crippen molar-refractivity contribution in [3.05, 3.63) is 0 Å². The molecule has 1 aliphatic carbocycles. The molecule has 6 nitrogen and oxygen atoms in total. The van der Waals surface area contributed by atoms with Crippen molar-refractivity contribution in [2.24, 2.45) is 0 Å². The Morgan fingerprint density at radius 3 is 2.55 bits per heavy atom. The molecule has 1 heterocycles. The fraction of sp³-hybridized carbons (Fsp3) is 0.938. The average Bonchev–Trinajstić information content (AvgIpc) is 2.93. The first-order chi connectivity index (χ1) is 10.5. The number of nitrogens with one attached hydrogen (secondary N) is 1. The summed E-state index contributed by atoms with van der Waals surface area (Å²) in [5.41, 5.74) is 0. The summed E-state index contributed by atoms with van der Waals surface area (Å²) in [6.45, 7) is 5.76. The molecule has 22 heavy (non-hydrogen) atoms. The van der Waals surface area contributed by atoms with Crippen LogP contribution in [0.1, 0.15) is 25.7 Å². The Morgan fingerprint density at radius 1 is 1.27 bits per heavy atom. The van der Waals surface area contributed by atoms with Crippen LogP contribution in [0.2, 0.25) is 0 Å². The van der Waals surface area contributed by atoms with Crippen molar-refractivity contribution in [1.29, 1.82) is 0 Å². The molecule has 1 amide bonds. The fourth-order valence-electron chi connectivity index (χ4n) is 3.40. The van der Waals surface area contributed by atoms with Crippen LogP contribution in [0.15, 0.2) is 0 Å². The van der Waals surface area contributed by atoms with Gasteiger partial charge in [-0.3, -0.25) is 14.6 Å². The van der Waals surface area contributed by atoms with Crippen molar-refractivity contribution in [2.75, 3.05) is 59.9 Å². The summed E-state index contributed by atoms with van der Waals surface area (Å²) in [4.78, 5) is 18.5. The van der Waals surface area contributed by atoms with Gasteiger partial charge in [0.25, 0.3) is 0 Å². The van der Waals surface area contributed by atoms with Crippen molar-refractivity contribution in [3.8, 4) is 0 Å². The molecule has 0 aromatic carbocycles. The third-order valence-corrected chi connectivity index (χ3v) is 4.72. The maximum Gasteiger partial charge on any atom is 0.234 e. The van der Waals surface area contributed by atoms with Gasteiger partial charge in [0.2, 0.25) is 5.91 Å². The molecule has 0 aromatic rings. The van der Waals surface area contributed by atoms with Crippen LogP contribution in [0.4, 0.5) is 0 Å². The lowest BCUT2D eigenvalue weighted by Crippen LogP contribution is -2.49.